The summed E-state index contributed by atoms with van der Waals surface area (Å²) in [6.07, 6.45) is 0.205. The van der Waals surface area contributed by atoms with Crippen molar-refractivity contribution in [2.24, 2.45) is 0 Å². The highest BCUT2D eigenvalue weighted by Crippen LogP contribution is 2.21. The van der Waals surface area contributed by atoms with Gasteiger partial charge in [-0.3, -0.25) is 4.79 Å². The molecule has 0 aliphatic heterocycles. The Labute approximate surface area is 75.4 Å². The van der Waals surface area contributed by atoms with E-state index in [1.807, 2.05) is 0 Å². The number of hydrogen-bond acceptors (Lipinski definition) is 1. The van der Waals surface area contributed by atoms with Crippen molar-refractivity contribution in [3.8, 4) is 0 Å². The molecule has 1 aromatic rings. The van der Waals surface area contributed by atoms with E-state index in [0.29, 0.717) is 5.56 Å². The summed E-state index contributed by atoms with van der Waals surface area (Å²) in [7, 11) is 0. The monoisotopic (exact) mass is 184 g/mol. The maximum absolute atomic E-state index is 13.3. The molecule has 0 unspecified atom stereocenters. The molecule has 13 heavy (non-hydrogen) atoms. The van der Waals surface area contributed by atoms with Gasteiger partial charge < -0.3 is 0 Å². The fourth-order valence-corrected chi connectivity index (χ4v) is 1.14. The summed E-state index contributed by atoms with van der Waals surface area (Å²) in [5.41, 5.74) is -0.116. The summed E-state index contributed by atoms with van der Waals surface area (Å²) in [5.74, 6) is -1.61. The van der Waals surface area contributed by atoms with Gasteiger partial charge in [0, 0.05) is 0 Å². The SMILES string of the molecule is CC(C)c1ccc(F)c(C=O)c1F. The molecule has 0 aliphatic rings. The second-order valence-corrected chi connectivity index (χ2v) is 3.14. The fourth-order valence-electron chi connectivity index (χ4n) is 1.14. The van der Waals surface area contributed by atoms with E-state index in [0.717, 1.165) is 6.07 Å². The predicted molar refractivity (Wildman–Crippen MR) is 45.8 cm³/mol. The summed E-state index contributed by atoms with van der Waals surface area (Å²) < 4.78 is 26.1. The maximum atomic E-state index is 13.3. The molecule has 0 amide bonds. The highest BCUT2D eigenvalue weighted by molar-refractivity contribution is 5.76. The lowest BCUT2D eigenvalue weighted by atomic mass is 10.00. The third kappa shape index (κ3) is 1.74. The van der Waals surface area contributed by atoms with E-state index in [-0.39, 0.29) is 12.2 Å². The van der Waals surface area contributed by atoms with Crippen LogP contribution in [0, 0.1) is 11.6 Å². The molecule has 1 rings (SSSR count). The zero-order valence-corrected chi connectivity index (χ0v) is 7.47. The van der Waals surface area contributed by atoms with Crippen molar-refractivity contribution in [3.63, 3.8) is 0 Å². The van der Waals surface area contributed by atoms with Crippen LogP contribution in [0.3, 0.4) is 0 Å². The fraction of sp³-hybridized carbons (Fsp3) is 0.300. The van der Waals surface area contributed by atoms with Crippen molar-refractivity contribution in [2.75, 3.05) is 0 Å². The second-order valence-electron chi connectivity index (χ2n) is 3.14. The highest BCUT2D eigenvalue weighted by Gasteiger charge is 2.14. The Hall–Kier alpha value is -1.25. The molecule has 0 atom stereocenters. The van der Waals surface area contributed by atoms with Crippen LogP contribution in [0.1, 0.15) is 35.7 Å². The van der Waals surface area contributed by atoms with Crippen LogP contribution in [-0.4, -0.2) is 6.29 Å². The summed E-state index contributed by atoms with van der Waals surface area (Å²) in [5, 5.41) is 0. The molecule has 3 heteroatoms. The van der Waals surface area contributed by atoms with E-state index >= 15 is 0 Å². The minimum Gasteiger partial charge on any atom is -0.298 e. The minimum atomic E-state index is -0.808. The van der Waals surface area contributed by atoms with E-state index in [1.165, 1.54) is 6.07 Å². The normalized spacial score (nSPS) is 10.5. The zero-order valence-electron chi connectivity index (χ0n) is 7.47. The van der Waals surface area contributed by atoms with E-state index < -0.39 is 17.2 Å². The minimum absolute atomic E-state index is 0.0562. The average molecular weight is 184 g/mol. The average Bonchev–Trinajstić information content (AvgIpc) is 2.04. The number of halogens is 2. The maximum Gasteiger partial charge on any atom is 0.155 e. The van der Waals surface area contributed by atoms with Gasteiger partial charge in [0.15, 0.2) is 6.29 Å². The molecule has 0 radical (unpaired) electrons. The van der Waals surface area contributed by atoms with Crippen LogP contribution in [0.15, 0.2) is 12.1 Å². The Morgan fingerprint density at radius 3 is 2.38 bits per heavy atom. The number of rotatable bonds is 2. The van der Waals surface area contributed by atoms with Gasteiger partial charge in [0.2, 0.25) is 0 Å². The number of hydrogen-bond donors (Lipinski definition) is 0. The van der Waals surface area contributed by atoms with Crippen LogP contribution in [-0.2, 0) is 0 Å². The van der Waals surface area contributed by atoms with Crippen molar-refractivity contribution in [3.05, 3.63) is 34.9 Å². The van der Waals surface area contributed by atoms with Crippen LogP contribution in [0.5, 0.6) is 0 Å². The van der Waals surface area contributed by atoms with Crippen molar-refractivity contribution in [2.45, 2.75) is 19.8 Å². The lowest BCUT2D eigenvalue weighted by Gasteiger charge is -2.08. The van der Waals surface area contributed by atoms with E-state index in [1.54, 1.807) is 13.8 Å². The first-order valence-corrected chi connectivity index (χ1v) is 4.01. The standard InChI is InChI=1S/C10H10F2O/c1-6(2)7-3-4-9(11)8(5-13)10(7)12/h3-6H,1-2H3. The van der Waals surface area contributed by atoms with Gasteiger partial charge in [0.25, 0.3) is 0 Å². The zero-order chi connectivity index (χ0) is 10.0. The molecule has 0 heterocycles. The smallest absolute Gasteiger partial charge is 0.155 e. The van der Waals surface area contributed by atoms with Gasteiger partial charge in [-0.05, 0) is 17.5 Å². The molecule has 0 aromatic heterocycles. The van der Waals surface area contributed by atoms with E-state index in [2.05, 4.69) is 0 Å². The number of carbonyl (C=O) groups is 1. The Kier molecular flexibility index (Phi) is 2.76. The molecule has 0 bridgehead atoms. The summed E-state index contributed by atoms with van der Waals surface area (Å²) in [6.45, 7) is 3.57. The Balaban J connectivity index is 3.35. The topological polar surface area (TPSA) is 17.1 Å². The quantitative estimate of drug-likeness (QED) is 0.646. The molecule has 0 spiro atoms. The molecule has 0 aliphatic carbocycles. The van der Waals surface area contributed by atoms with Crippen LogP contribution >= 0.6 is 0 Å². The lowest BCUT2D eigenvalue weighted by Crippen LogP contribution is -2.00. The van der Waals surface area contributed by atoms with Crippen molar-refractivity contribution in [1.82, 2.24) is 0 Å². The third-order valence-electron chi connectivity index (χ3n) is 1.90. The Morgan fingerprint density at radius 1 is 1.31 bits per heavy atom. The molecule has 70 valence electrons. The van der Waals surface area contributed by atoms with Gasteiger partial charge in [0.1, 0.15) is 11.6 Å². The largest absolute Gasteiger partial charge is 0.298 e. The first-order valence-electron chi connectivity index (χ1n) is 4.01. The third-order valence-corrected chi connectivity index (χ3v) is 1.90. The van der Waals surface area contributed by atoms with Crippen LogP contribution < -0.4 is 0 Å². The summed E-state index contributed by atoms with van der Waals surface area (Å²) >= 11 is 0. The predicted octanol–water partition coefficient (Wildman–Crippen LogP) is 2.90. The summed E-state index contributed by atoms with van der Waals surface area (Å²) in [4.78, 5) is 10.3. The molecule has 1 nitrogen and oxygen atoms in total. The van der Waals surface area contributed by atoms with Gasteiger partial charge in [-0.25, -0.2) is 8.78 Å². The van der Waals surface area contributed by atoms with Gasteiger partial charge in [-0.2, -0.15) is 0 Å². The molecule has 0 saturated heterocycles. The van der Waals surface area contributed by atoms with Crippen LogP contribution in [0.25, 0.3) is 0 Å². The summed E-state index contributed by atoms with van der Waals surface area (Å²) in [6, 6.07) is 2.48. The van der Waals surface area contributed by atoms with Crippen molar-refractivity contribution < 1.29 is 13.6 Å². The van der Waals surface area contributed by atoms with Crippen molar-refractivity contribution in [1.29, 1.82) is 0 Å². The van der Waals surface area contributed by atoms with Gasteiger partial charge in [-0.15, -0.1) is 0 Å². The Morgan fingerprint density at radius 2 is 1.92 bits per heavy atom. The second kappa shape index (κ2) is 3.64. The number of benzene rings is 1. The molecular weight excluding hydrogens is 174 g/mol. The van der Waals surface area contributed by atoms with E-state index in [4.69, 9.17) is 0 Å². The first kappa shape index (κ1) is 9.84. The van der Waals surface area contributed by atoms with Gasteiger partial charge in [0.05, 0.1) is 5.56 Å². The first-order chi connectivity index (χ1) is 6.07. The van der Waals surface area contributed by atoms with E-state index in [9.17, 15) is 13.6 Å². The van der Waals surface area contributed by atoms with Crippen molar-refractivity contribution >= 4 is 6.29 Å². The number of carbonyl (C=O) groups excluding carboxylic acids is 1. The molecule has 0 fully saturated rings. The van der Waals surface area contributed by atoms with Gasteiger partial charge >= 0.3 is 0 Å². The van der Waals surface area contributed by atoms with Crippen LogP contribution in [0.2, 0.25) is 0 Å². The molecule has 0 N–H and O–H groups in total. The highest BCUT2D eigenvalue weighted by atomic mass is 19.1. The van der Waals surface area contributed by atoms with Crippen LogP contribution in [0.4, 0.5) is 8.78 Å². The molecule has 0 saturated carbocycles. The molecular formula is C10H10F2O. The lowest BCUT2D eigenvalue weighted by molar-refractivity contribution is 0.111. The van der Waals surface area contributed by atoms with Gasteiger partial charge in [-0.1, -0.05) is 19.9 Å². The number of aldehydes is 1. The molecule has 1 aromatic carbocycles. The Bertz CT molecular complexity index is 332.